The van der Waals surface area contributed by atoms with Crippen LogP contribution in [0.3, 0.4) is 0 Å². The summed E-state index contributed by atoms with van der Waals surface area (Å²) in [7, 11) is 0. The first-order valence-electron chi connectivity index (χ1n) is 6.17. The van der Waals surface area contributed by atoms with Gasteiger partial charge in [-0.2, -0.15) is 4.99 Å². The van der Waals surface area contributed by atoms with Gasteiger partial charge >= 0.3 is 0 Å². The van der Waals surface area contributed by atoms with Crippen LogP contribution in [0.25, 0.3) is 0 Å². The number of aliphatic hydroxyl groups is 3. The van der Waals surface area contributed by atoms with E-state index in [2.05, 4.69) is 10.3 Å². The number of amides is 1. The first kappa shape index (κ1) is 16.6. The van der Waals surface area contributed by atoms with Crippen molar-refractivity contribution in [3.05, 3.63) is 12.3 Å². The molecule has 1 aliphatic heterocycles. The quantitative estimate of drug-likeness (QED) is 0.304. The molecule has 1 fully saturated rings. The highest BCUT2D eigenvalue weighted by Crippen LogP contribution is 2.31. The van der Waals surface area contributed by atoms with Crippen molar-refractivity contribution in [3.8, 4) is 0 Å². The van der Waals surface area contributed by atoms with Gasteiger partial charge in [0.2, 0.25) is 5.91 Å². The van der Waals surface area contributed by atoms with Crippen LogP contribution in [0.5, 0.6) is 0 Å². The van der Waals surface area contributed by atoms with E-state index in [4.69, 9.17) is 10.5 Å². The number of amidine groups is 1. The van der Waals surface area contributed by atoms with Gasteiger partial charge in [-0.15, -0.1) is 0 Å². The highest BCUT2D eigenvalue weighted by molar-refractivity contribution is 5.99. The highest BCUT2D eigenvalue weighted by Gasteiger charge is 2.53. The minimum absolute atomic E-state index is 0.00438. The Bertz CT molecular complexity index is 419. The molecule has 1 amide bonds. The van der Waals surface area contributed by atoms with Gasteiger partial charge in [0, 0.05) is 13.1 Å². The van der Waals surface area contributed by atoms with E-state index < -0.39 is 36.0 Å². The topological polar surface area (TPSA) is 137 Å². The van der Waals surface area contributed by atoms with Crippen molar-refractivity contribution in [1.82, 2.24) is 5.32 Å². The zero-order chi connectivity index (χ0) is 15.5. The maximum atomic E-state index is 10.7. The number of ether oxygens (including phenoxy) is 1. The molecule has 0 aromatic heterocycles. The van der Waals surface area contributed by atoms with Crippen molar-refractivity contribution in [2.45, 2.75) is 50.9 Å². The van der Waals surface area contributed by atoms with Gasteiger partial charge in [0.25, 0.3) is 0 Å². The third-order valence-electron chi connectivity index (χ3n) is 3.00. The molecule has 1 rings (SSSR count). The molecule has 8 nitrogen and oxygen atoms in total. The van der Waals surface area contributed by atoms with Crippen LogP contribution in [0, 0.1) is 0 Å². The number of carbonyl (C=O) groups is 1. The van der Waals surface area contributed by atoms with Crippen molar-refractivity contribution in [3.63, 3.8) is 0 Å². The van der Waals surface area contributed by atoms with Crippen molar-refractivity contribution < 1.29 is 24.9 Å². The van der Waals surface area contributed by atoms with E-state index in [1.54, 1.807) is 0 Å². The predicted molar refractivity (Wildman–Crippen MR) is 71.6 cm³/mol. The zero-order valence-corrected chi connectivity index (χ0v) is 11.6. The lowest BCUT2D eigenvalue weighted by molar-refractivity contribution is -0.115. The van der Waals surface area contributed by atoms with Gasteiger partial charge in [-0.1, -0.05) is 0 Å². The molecular formula is C12H21N3O5. The summed E-state index contributed by atoms with van der Waals surface area (Å²) in [5.74, 6) is -0.434. The number of aliphatic imine (C=N–C) groups is 1. The lowest BCUT2D eigenvalue weighted by Crippen LogP contribution is -2.50. The van der Waals surface area contributed by atoms with Crippen molar-refractivity contribution in [1.29, 1.82) is 0 Å². The number of nitrogens with two attached hydrogens (primary N) is 1. The Morgan fingerprint density at radius 3 is 2.65 bits per heavy atom. The number of nitrogens with zero attached hydrogens (tertiary/aromatic N) is 1. The second-order valence-electron chi connectivity index (χ2n) is 4.95. The number of nitrogens with one attached hydrogen (secondary N) is 1. The maximum absolute atomic E-state index is 10.7. The normalized spacial score (nSPS) is 36.3. The standard InChI is InChI=1S/C12H21N3O5/c1-6(16)9-10(18)12(3,19)11(20-9)14-5-4-8(13)15-7(2)17/h4-6,9-11,14,16,18-19H,1-3H3,(H2,13,15,17)/b5-4-/t6-,9-,10-,11-,12-/m1/s1. The van der Waals surface area contributed by atoms with Gasteiger partial charge in [-0.05, 0) is 19.9 Å². The molecule has 1 heterocycles. The Kier molecular flexibility index (Phi) is 5.23. The van der Waals surface area contributed by atoms with Gasteiger partial charge in [-0.25, -0.2) is 0 Å². The number of aliphatic hydroxyl groups excluding tert-OH is 2. The molecule has 0 bridgehead atoms. The summed E-state index contributed by atoms with van der Waals surface area (Å²) < 4.78 is 5.35. The second-order valence-corrected chi connectivity index (χ2v) is 4.95. The smallest absolute Gasteiger partial charge is 0.244 e. The Morgan fingerprint density at radius 1 is 1.60 bits per heavy atom. The maximum Gasteiger partial charge on any atom is 0.244 e. The number of rotatable bonds is 4. The van der Waals surface area contributed by atoms with Crippen molar-refractivity contribution in [2.75, 3.05) is 0 Å². The molecule has 0 radical (unpaired) electrons. The van der Waals surface area contributed by atoms with Gasteiger partial charge in [0.1, 0.15) is 23.6 Å². The van der Waals surface area contributed by atoms with Crippen LogP contribution < -0.4 is 11.1 Å². The lowest BCUT2D eigenvalue weighted by atomic mass is 9.94. The van der Waals surface area contributed by atoms with Crippen LogP contribution in [0.2, 0.25) is 0 Å². The number of carbonyl (C=O) groups excluding carboxylic acids is 1. The molecule has 6 N–H and O–H groups in total. The van der Waals surface area contributed by atoms with Crippen LogP contribution in [0.1, 0.15) is 20.8 Å². The summed E-state index contributed by atoms with van der Waals surface area (Å²) in [5.41, 5.74) is 3.85. The fourth-order valence-corrected chi connectivity index (χ4v) is 1.88. The van der Waals surface area contributed by atoms with Crippen LogP contribution in [0.4, 0.5) is 0 Å². The third kappa shape index (κ3) is 3.76. The Labute approximate surface area is 117 Å². The summed E-state index contributed by atoms with van der Waals surface area (Å²) in [6.45, 7) is 4.11. The molecule has 114 valence electrons. The lowest BCUT2D eigenvalue weighted by Gasteiger charge is -2.26. The fourth-order valence-electron chi connectivity index (χ4n) is 1.88. The number of hydrogen-bond donors (Lipinski definition) is 5. The van der Waals surface area contributed by atoms with E-state index in [0.29, 0.717) is 0 Å². The summed E-state index contributed by atoms with van der Waals surface area (Å²) in [6.07, 6.45) is -1.34. The van der Waals surface area contributed by atoms with E-state index in [1.165, 1.54) is 33.0 Å². The van der Waals surface area contributed by atoms with Gasteiger partial charge in [0.15, 0.2) is 6.23 Å². The zero-order valence-electron chi connectivity index (χ0n) is 11.6. The summed E-state index contributed by atoms with van der Waals surface area (Å²) in [6, 6.07) is 0. The second kappa shape index (κ2) is 6.31. The third-order valence-corrected chi connectivity index (χ3v) is 3.00. The molecule has 0 aromatic rings. The summed E-state index contributed by atoms with van der Waals surface area (Å²) in [4.78, 5) is 14.2. The summed E-state index contributed by atoms with van der Waals surface area (Å²) >= 11 is 0. The first-order chi connectivity index (χ1) is 9.16. The van der Waals surface area contributed by atoms with Crippen molar-refractivity contribution in [2.24, 2.45) is 10.7 Å². The minimum atomic E-state index is -1.58. The largest absolute Gasteiger partial charge is 0.391 e. The molecule has 0 saturated carbocycles. The molecule has 20 heavy (non-hydrogen) atoms. The molecule has 1 saturated heterocycles. The average Bonchev–Trinajstić information content (AvgIpc) is 2.51. The minimum Gasteiger partial charge on any atom is -0.391 e. The first-order valence-corrected chi connectivity index (χ1v) is 6.17. The van der Waals surface area contributed by atoms with E-state index in [0.717, 1.165) is 0 Å². The van der Waals surface area contributed by atoms with Gasteiger partial charge < -0.3 is 31.1 Å². The molecule has 8 heteroatoms. The molecular weight excluding hydrogens is 266 g/mol. The van der Waals surface area contributed by atoms with Crippen molar-refractivity contribution >= 4 is 11.7 Å². The van der Waals surface area contributed by atoms with E-state index in [1.807, 2.05) is 0 Å². The van der Waals surface area contributed by atoms with E-state index in [9.17, 15) is 20.1 Å². The van der Waals surface area contributed by atoms with Crippen LogP contribution >= 0.6 is 0 Å². The number of hydrogen-bond acceptors (Lipinski definition) is 6. The van der Waals surface area contributed by atoms with E-state index in [-0.39, 0.29) is 5.84 Å². The Balaban J connectivity index is 2.69. The highest BCUT2D eigenvalue weighted by atomic mass is 16.6. The summed E-state index contributed by atoms with van der Waals surface area (Å²) in [5, 5.41) is 32.2. The van der Waals surface area contributed by atoms with E-state index >= 15 is 0 Å². The van der Waals surface area contributed by atoms with Crippen LogP contribution in [0.15, 0.2) is 17.3 Å². The molecule has 0 unspecified atom stereocenters. The Morgan fingerprint density at radius 2 is 2.20 bits per heavy atom. The molecule has 0 aliphatic carbocycles. The molecule has 0 aromatic carbocycles. The molecule has 0 spiro atoms. The van der Waals surface area contributed by atoms with Crippen LogP contribution in [-0.2, 0) is 9.53 Å². The Hall–Kier alpha value is -1.48. The SMILES string of the molecule is CC(=O)/N=C(N)\C=C/N[C@@H]1O[C@H]([C@@H](C)O)[C@@H](O)[C@@]1(C)O. The van der Waals surface area contributed by atoms with Gasteiger partial charge in [0.05, 0.1) is 6.10 Å². The van der Waals surface area contributed by atoms with Gasteiger partial charge in [-0.3, -0.25) is 4.79 Å². The molecule has 5 atom stereocenters. The fraction of sp³-hybridized carbons (Fsp3) is 0.667. The van der Waals surface area contributed by atoms with Crippen LogP contribution in [-0.4, -0.2) is 57.2 Å². The molecule has 1 aliphatic rings. The predicted octanol–water partition coefficient (Wildman–Crippen LogP) is -1.79. The average molecular weight is 287 g/mol. The monoisotopic (exact) mass is 287 g/mol.